The van der Waals surface area contributed by atoms with Crippen LogP contribution in [0, 0.1) is 0 Å². The Labute approximate surface area is 434 Å². The highest BCUT2D eigenvalue weighted by molar-refractivity contribution is 5.71. The van der Waals surface area contributed by atoms with E-state index in [2.05, 4.69) is 191 Å². The van der Waals surface area contributed by atoms with E-state index < -0.39 is 12.1 Å². The molecule has 1 unspecified atom stereocenters. The Balaban J connectivity index is 4.53. The average molecular weight is 973 g/mol. The van der Waals surface area contributed by atoms with Crippen molar-refractivity contribution in [3.63, 3.8) is 0 Å². The lowest BCUT2D eigenvalue weighted by molar-refractivity contribution is -0.166. The van der Waals surface area contributed by atoms with Crippen molar-refractivity contribution in [2.24, 2.45) is 0 Å². The number of allylic oxidation sites excluding steroid dienone is 30. The fourth-order valence-electron chi connectivity index (χ4n) is 6.42. The monoisotopic (exact) mass is 973 g/mol. The lowest BCUT2D eigenvalue weighted by atomic mass is 10.1. The van der Waals surface area contributed by atoms with Crippen molar-refractivity contribution < 1.29 is 28.6 Å². The van der Waals surface area contributed by atoms with Gasteiger partial charge in [0.25, 0.3) is 0 Å². The van der Waals surface area contributed by atoms with Crippen molar-refractivity contribution in [2.45, 2.75) is 194 Å². The first-order valence-corrected chi connectivity index (χ1v) is 27.3. The number of hydrogen-bond donors (Lipinski definition) is 0. The van der Waals surface area contributed by atoms with Crippen LogP contribution in [0.3, 0.4) is 0 Å². The zero-order chi connectivity index (χ0) is 51.4. The maximum absolute atomic E-state index is 12.8. The first-order valence-electron chi connectivity index (χ1n) is 27.3. The fourth-order valence-corrected chi connectivity index (χ4v) is 6.42. The second kappa shape index (κ2) is 57.1. The van der Waals surface area contributed by atoms with Gasteiger partial charge in [0, 0.05) is 19.3 Å². The van der Waals surface area contributed by atoms with Crippen LogP contribution in [0.4, 0.5) is 0 Å². The van der Waals surface area contributed by atoms with Gasteiger partial charge in [-0.1, -0.05) is 209 Å². The van der Waals surface area contributed by atoms with Gasteiger partial charge in [-0.2, -0.15) is 0 Å². The molecule has 0 saturated carbocycles. The SMILES string of the molecule is CC/C=C\C/C=C\C/C=C\C/C=C\C/C=C\C/C=C\C/C=C\C/C=C\CCCCC(=O)OCC(COC(=O)CCCCC/C=C\C/C=C\C/C=C\CC)OC(=O)CC/C=C\C/C=C\C/C=C\C/C=C\CC. The summed E-state index contributed by atoms with van der Waals surface area (Å²) in [5, 5.41) is 0. The van der Waals surface area contributed by atoms with Crippen molar-refractivity contribution in [3.05, 3.63) is 182 Å². The summed E-state index contributed by atoms with van der Waals surface area (Å²) >= 11 is 0. The summed E-state index contributed by atoms with van der Waals surface area (Å²) in [4.78, 5) is 38.0. The second-order valence-corrected chi connectivity index (χ2v) is 17.0. The highest BCUT2D eigenvalue weighted by atomic mass is 16.6. The molecular weight excluding hydrogens is 877 g/mol. The summed E-state index contributed by atoms with van der Waals surface area (Å²) < 4.78 is 16.7. The van der Waals surface area contributed by atoms with Crippen LogP contribution in [0.5, 0.6) is 0 Å². The molecule has 0 spiro atoms. The molecule has 0 amide bonds. The highest BCUT2D eigenvalue weighted by Gasteiger charge is 2.19. The van der Waals surface area contributed by atoms with Crippen molar-refractivity contribution in [1.82, 2.24) is 0 Å². The van der Waals surface area contributed by atoms with E-state index in [1.165, 1.54) is 0 Å². The Hall–Kier alpha value is -5.49. The topological polar surface area (TPSA) is 78.9 Å². The molecule has 6 heteroatoms. The molecule has 0 aliphatic heterocycles. The van der Waals surface area contributed by atoms with Gasteiger partial charge in [-0.3, -0.25) is 14.4 Å². The number of hydrogen-bond acceptors (Lipinski definition) is 6. The summed E-state index contributed by atoms with van der Waals surface area (Å²) in [6.45, 7) is 6.13. The minimum Gasteiger partial charge on any atom is -0.462 e. The van der Waals surface area contributed by atoms with Gasteiger partial charge >= 0.3 is 17.9 Å². The van der Waals surface area contributed by atoms with E-state index in [-0.39, 0.29) is 38.0 Å². The van der Waals surface area contributed by atoms with Crippen LogP contribution in [0.15, 0.2) is 182 Å². The van der Waals surface area contributed by atoms with Crippen LogP contribution in [0.1, 0.15) is 188 Å². The first-order chi connectivity index (χ1) is 35.0. The molecule has 0 bridgehead atoms. The minimum absolute atomic E-state index is 0.146. The number of rotatable bonds is 46. The lowest BCUT2D eigenvalue weighted by Crippen LogP contribution is -2.30. The van der Waals surface area contributed by atoms with E-state index in [1.807, 2.05) is 12.2 Å². The molecule has 1 atom stereocenters. The number of carbonyl (C=O) groups is 3. The molecule has 392 valence electrons. The fraction of sp³-hybridized carbons (Fsp3) is 0.492. The van der Waals surface area contributed by atoms with Crippen LogP contribution in [-0.2, 0) is 28.6 Å². The van der Waals surface area contributed by atoms with Crippen LogP contribution >= 0.6 is 0 Å². The Kier molecular flexibility index (Phi) is 52.7. The number of esters is 3. The van der Waals surface area contributed by atoms with Crippen LogP contribution in [-0.4, -0.2) is 37.2 Å². The zero-order valence-electron chi connectivity index (χ0n) is 44.6. The second-order valence-electron chi connectivity index (χ2n) is 17.0. The molecular formula is C65H96O6. The Morgan fingerprint density at radius 1 is 0.282 bits per heavy atom. The van der Waals surface area contributed by atoms with Gasteiger partial charge in [-0.05, 0) is 141 Å². The van der Waals surface area contributed by atoms with Gasteiger partial charge in [0.1, 0.15) is 13.2 Å². The smallest absolute Gasteiger partial charge is 0.306 e. The molecule has 0 rings (SSSR count). The largest absolute Gasteiger partial charge is 0.462 e. The van der Waals surface area contributed by atoms with Gasteiger partial charge in [-0.15, -0.1) is 0 Å². The molecule has 0 fully saturated rings. The molecule has 0 radical (unpaired) electrons. The molecule has 0 saturated heterocycles. The number of carbonyl (C=O) groups excluding carboxylic acids is 3. The van der Waals surface area contributed by atoms with Crippen molar-refractivity contribution in [2.75, 3.05) is 13.2 Å². The summed E-state index contributed by atoms with van der Waals surface area (Å²) in [5.41, 5.74) is 0. The first kappa shape index (κ1) is 65.5. The molecule has 0 aromatic rings. The third-order valence-electron chi connectivity index (χ3n) is 10.4. The van der Waals surface area contributed by atoms with E-state index in [9.17, 15) is 14.4 Å². The summed E-state index contributed by atoms with van der Waals surface area (Å²) in [6, 6.07) is 0. The van der Waals surface area contributed by atoms with E-state index in [4.69, 9.17) is 14.2 Å². The zero-order valence-corrected chi connectivity index (χ0v) is 44.6. The minimum atomic E-state index is -0.856. The molecule has 71 heavy (non-hydrogen) atoms. The predicted octanol–water partition coefficient (Wildman–Crippen LogP) is 18.5. The summed E-state index contributed by atoms with van der Waals surface area (Å²) in [5.74, 6) is -1.12. The molecule has 0 aliphatic carbocycles. The Morgan fingerprint density at radius 2 is 0.535 bits per heavy atom. The van der Waals surface area contributed by atoms with E-state index in [1.54, 1.807) is 0 Å². The maximum atomic E-state index is 12.8. The van der Waals surface area contributed by atoms with Crippen molar-refractivity contribution in [1.29, 1.82) is 0 Å². The third kappa shape index (κ3) is 55.3. The Morgan fingerprint density at radius 3 is 0.845 bits per heavy atom. The van der Waals surface area contributed by atoms with Gasteiger partial charge in [0.2, 0.25) is 0 Å². The summed E-state index contributed by atoms with van der Waals surface area (Å²) in [7, 11) is 0. The van der Waals surface area contributed by atoms with Gasteiger partial charge < -0.3 is 14.2 Å². The van der Waals surface area contributed by atoms with Crippen molar-refractivity contribution in [3.8, 4) is 0 Å². The van der Waals surface area contributed by atoms with E-state index in [0.29, 0.717) is 19.3 Å². The van der Waals surface area contributed by atoms with Crippen LogP contribution in [0.25, 0.3) is 0 Å². The molecule has 0 N–H and O–H groups in total. The molecule has 0 heterocycles. The molecule has 0 aliphatic rings. The maximum Gasteiger partial charge on any atom is 0.306 e. The average Bonchev–Trinajstić information content (AvgIpc) is 3.37. The van der Waals surface area contributed by atoms with E-state index >= 15 is 0 Å². The normalized spacial score (nSPS) is 13.6. The Bertz CT molecular complexity index is 1730. The van der Waals surface area contributed by atoms with Crippen molar-refractivity contribution >= 4 is 17.9 Å². The molecule has 0 aromatic heterocycles. The van der Waals surface area contributed by atoms with Gasteiger partial charge in [0.05, 0.1) is 0 Å². The lowest BCUT2D eigenvalue weighted by Gasteiger charge is -2.18. The summed E-state index contributed by atoms with van der Waals surface area (Å²) in [6.07, 6.45) is 86.2. The predicted molar refractivity (Wildman–Crippen MR) is 306 cm³/mol. The highest BCUT2D eigenvalue weighted by Crippen LogP contribution is 2.10. The molecule has 0 aromatic carbocycles. The standard InChI is InChI=1S/C65H96O6/c1-4-7-10-13-16-19-22-25-26-27-28-29-30-31-32-33-34-35-36-37-38-41-43-46-49-52-55-58-64(67)70-61-62(71-65(68)59-56-53-50-47-44-40-24-21-18-15-12-9-6-3)60-69-63(66)57-54-51-48-45-42-39-23-20-17-14-11-8-5-2/h7-12,16-21,25-26,28-29,31-32,34-35,37-40,42-44,46,50,53,62H,4-6,13-15,22-24,27,30,33,36,41,45,47-49,51-52,54-61H2,1-3H3/b10-7-,11-8-,12-9-,19-16-,20-17-,21-18-,26-25-,29-28-,32-31-,35-34-,38-37-,42-39-,44-40-,46-43-,53-50-. The number of ether oxygens (including phenoxy) is 3. The third-order valence-corrected chi connectivity index (χ3v) is 10.4. The van der Waals surface area contributed by atoms with Crippen LogP contribution < -0.4 is 0 Å². The molecule has 6 nitrogen and oxygen atoms in total. The van der Waals surface area contributed by atoms with Crippen LogP contribution in [0.2, 0.25) is 0 Å². The quantitative estimate of drug-likeness (QED) is 0.0262. The van der Waals surface area contributed by atoms with E-state index in [0.717, 1.165) is 135 Å². The van der Waals surface area contributed by atoms with Gasteiger partial charge in [-0.25, -0.2) is 0 Å². The number of unbranched alkanes of at least 4 members (excludes halogenated alkanes) is 5. The van der Waals surface area contributed by atoms with Gasteiger partial charge in [0.15, 0.2) is 6.10 Å².